The maximum atomic E-state index is 13.0. The van der Waals surface area contributed by atoms with E-state index in [0.29, 0.717) is 5.92 Å². The molecule has 2 heterocycles. The van der Waals surface area contributed by atoms with E-state index in [1.54, 1.807) is 7.05 Å². The summed E-state index contributed by atoms with van der Waals surface area (Å²) in [5, 5.41) is 9.81. The van der Waals surface area contributed by atoms with Crippen LogP contribution in [0.4, 0.5) is 0 Å². The minimum Gasteiger partial charge on any atom is -0.374 e. The molecule has 4 rings (SSSR count). The second kappa shape index (κ2) is 5.76. The highest BCUT2D eigenvalue weighted by Gasteiger charge is 2.72. The molecule has 2 amide bonds. The number of carbonyl (C=O) groups excluding carboxylic acids is 2. The SMILES string of the molecule is CC(O)N(C)C(=O)C1(COCC2(C(N)=O)CO2)OC1C12C=CC(CC1)C2. The first-order valence-electron chi connectivity index (χ1n) is 9.09. The zero-order valence-corrected chi connectivity index (χ0v) is 15.1. The number of hydrogen-bond acceptors (Lipinski definition) is 6. The Labute approximate surface area is 152 Å². The number of primary amides is 1. The summed E-state index contributed by atoms with van der Waals surface area (Å²) in [6.45, 7) is 1.77. The molecule has 4 aliphatic rings. The van der Waals surface area contributed by atoms with Crippen LogP contribution in [-0.2, 0) is 23.8 Å². The van der Waals surface area contributed by atoms with Crippen LogP contribution in [0.2, 0.25) is 0 Å². The summed E-state index contributed by atoms with van der Waals surface area (Å²) < 4.78 is 16.8. The maximum Gasteiger partial charge on any atom is 0.261 e. The van der Waals surface area contributed by atoms with Gasteiger partial charge in [0.05, 0.1) is 19.8 Å². The van der Waals surface area contributed by atoms with Crippen LogP contribution >= 0.6 is 0 Å². The van der Waals surface area contributed by atoms with Crippen LogP contribution in [0.25, 0.3) is 0 Å². The number of aliphatic hydroxyl groups excluding tert-OH is 1. The first-order chi connectivity index (χ1) is 12.2. The number of ether oxygens (including phenoxy) is 3. The van der Waals surface area contributed by atoms with Gasteiger partial charge in [-0.15, -0.1) is 0 Å². The van der Waals surface area contributed by atoms with Gasteiger partial charge in [0.15, 0.2) is 11.2 Å². The van der Waals surface area contributed by atoms with Crippen LogP contribution < -0.4 is 5.73 Å². The van der Waals surface area contributed by atoms with Gasteiger partial charge in [-0.1, -0.05) is 12.2 Å². The summed E-state index contributed by atoms with van der Waals surface area (Å²) >= 11 is 0. The molecule has 3 fully saturated rings. The van der Waals surface area contributed by atoms with Crippen molar-refractivity contribution in [3.63, 3.8) is 0 Å². The average Bonchev–Trinajstić information content (AvgIpc) is 3.48. The topological polar surface area (TPSA) is 118 Å². The fraction of sp³-hybridized carbons (Fsp3) is 0.778. The Morgan fingerprint density at radius 1 is 1.46 bits per heavy atom. The molecule has 0 spiro atoms. The van der Waals surface area contributed by atoms with E-state index >= 15 is 0 Å². The molecule has 2 aliphatic carbocycles. The van der Waals surface area contributed by atoms with E-state index in [1.165, 1.54) is 11.8 Å². The summed E-state index contributed by atoms with van der Waals surface area (Å²) in [6.07, 6.45) is 6.25. The van der Waals surface area contributed by atoms with Gasteiger partial charge in [0.1, 0.15) is 12.3 Å². The van der Waals surface area contributed by atoms with E-state index in [1.807, 2.05) is 0 Å². The van der Waals surface area contributed by atoms with Crippen molar-refractivity contribution in [3.05, 3.63) is 12.2 Å². The van der Waals surface area contributed by atoms with Crippen molar-refractivity contribution in [1.82, 2.24) is 4.90 Å². The second-order valence-corrected chi connectivity index (χ2v) is 8.17. The Balaban J connectivity index is 1.49. The monoisotopic (exact) mass is 366 g/mol. The third kappa shape index (κ3) is 2.58. The number of allylic oxidation sites excluding steroid dienone is 1. The van der Waals surface area contributed by atoms with Gasteiger partial charge < -0.3 is 30.0 Å². The summed E-state index contributed by atoms with van der Waals surface area (Å²) in [4.78, 5) is 25.7. The second-order valence-electron chi connectivity index (χ2n) is 8.17. The molecule has 1 saturated carbocycles. The van der Waals surface area contributed by atoms with Crippen LogP contribution in [-0.4, -0.2) is 72.2 Å². The zero-order chi connectivity index (χ0) is 18.7. The Kier molecular flexibility index (Phi) is 3.97. The van der Waals surface area contributed by atoms with Crippen LogP contribution in [0.15, 0.2) is 12.2 Å². The standard InChI is InChI=1S/C18H26N2O6/c1-11(21)20(2)15(23)18(10-24-8-17(9-25-17)14(19)22)13(26-18)16-5-3-12(7-16)4-6-16/h3,5,11-13,21H,4,6-10H2,1-2H3,(H2,19,22). The lowest BCUT2D eigenvalue weighted by Crippen LogP contribution is -2.49. The molecule has 8 heteroatoms. The van der Waals surface area contributed by atoms with E-state index in [0.717, 1.165) is 19.3 Å². The van der Waals surface area contributed by atoms with Crippen LogP contribution in [0.1, 0.15) is 26.2 Å². The molecule has 26 heavy (non-hydrogen) atoms. The molecule has 8 nitrogen and oxygen atoms in total. The Morgan fingerprint density at radius 3 is 2.65 bits per heavy atom. The molecule has 3 N–H and O–H groups in total. The predicted molar refractivity (Wildman–Crippen MR) is 89.7 cm³/mol. The number of nitrogens with zero attached hydrogens (tertiary/aromatic N) is 1. The average molecular weight is 366 g/mol. The molecular weight excluding hydrogens is 340 g/mol. The number of amides is 2. The molecular formula is C18H26N2O6. The lowest BCUT2D eigenvalue weighted by molar-refractivity contribution is -0.146. The number of nitrogens with two attached hydrogens (primary N) is 1. The van der Waals surface area contributed by atoms with Crippen molar-refractivity contribution in [2.24, 2.45) is 17.1 Å². The number of hydrogen-bond donors (Lipinski definition) is 2. The van der Waals surface area contributed by atoms with Gasteiger partial charge in [0.25, 0.3) is 11.8 Å². The normalized spacial score (nSPS) is 43.3. The minimum atomic E-state index is -1.14. The first-order valence-corrected chi connectivity index (χ1v) is 9.09. The van der Waals surface area contributed by atoms with Gasteiger partial charge >= 0.3 is 0 Å². The van der Waals surface area contributed by atoms with Crippen molar-refractivity contribution in [1.29, 1.82) is 0 Å². The number of likely N-dealkylation sites (N-methyl/N-ethyl adjacent to an activating group) is 1. The largest absolute Gasteiger partial charge is 0.374 e. The molecule has 0 aromatic heterocycles. The molecule has 0 aromatic rings. The summed E-state index contributed by atoms with van der Waals surface area (Å²) in [7, 11) is 1.54. The summed E-state index contributed by atoms with van der Waals surface area (Å²) in [5.41, 5.74) is 2.98. The van der Waals surface area contributed by atoms with Gasteiger partial charge in [0, 0.05) is 12.5 Å². The Morgan fingerprint density at radius 2 is 2.19 bits per heavy atom. The number of aliphatic hydroxyl groups is 1. The first kappa shape index (κ1) is 17.9. The lowest BCUT2D eigenvalue weighted by Gasteiger charge is -2.28. The van der Waals surface area contributed by atoms with Crippen LogP contribution in [0.3, 0.4) is 0 Å². The fourth-order valence-corrected chi connectivity index (χ4v) is 4.43. The van der Waals surface area contributed by atoms with Crippen molar-refractivity contribution >= 4 is 11.8 Å². The molecule has 0 radical (unpaired) electrons. The highest BCUT2D eigenvalue weighted by molar-refractivity contribution is 5.89. The third-order valence-electron chi connectivity index (χ3n) is 6.38. The number of carbonyl (C=O) groups is 2. The molecule has 6 unspecified atom stereocenters. The summed E-state index contributed by atoms with van der Waals surface area (Å²) in [5.74, 6) is -0.316. The maximum absolute atomic E-state index is 13.0. The van der Waals surface area contributed by atoms with Gasteiger partial charge in [0.2, 0.25) is 0 Å². The van der Waals surface area contributed by atoms with Crippen LogP contribution in [0.5, 0.6) is 0 Å². The lowest BCUT2D eigenvalue weighted by atomic mass is 9.78. The van der Waals surface area contributed by atoms with E-state index in [-0.39, 0.29) is 37.2 Å². The van der Waals surface area contributed by atoms with E-state index < -0.39 is 23.3 Å². The highest BCUT2D eigenvalue weighted by atomic mass is 16.7. The fourth-order valence-electron chi connectivity index (χ4n) is 4.43. The smallest absolute Gasteiger partial charge is 0.261 e. The molecule has 144 valence electrons. The molecule has 0 aromatic carbocycles. The number of rotatable bonds is 8. The molecule has 6 atom stereocenters. The number of epoxide rings is 2. The van der Waals surface area contributed by atoms with Crippen molar-refractivity contribution in [3.8, 4) is 0 Å². The quantitative estimate of drug-likeness (QED) is 0.341. The van der Waals surface area contributed by atoms with Crippen molar-refractivity contribution in [2.45, 2.75) is 49.7 Å². The zero-order valence-electron chi connectivity index (χ0n) is 15.1. The Hall–Kier alpha value is -1.48. The Bertz CT molecular complexity index is 660. The van der Waals surface area contributed by atoms with Gasteiger partial charge in [-0.05, 0) is 32.1 Å². The van der Waals surface area contributed by atoms with Gasteiger partial charge in [-0.2, -0.15) is 0 Å². The number of fused-ring (bicyclic) bond motifs is 2. The minimum absolute atomic E-state index is 0.00268. The van der Waals surface area contributed by atoms with E-state index in [9.17, 15) is 14.7 Å². The molecule has 2 aliphatic heterocycles. The van der Waals surface area contributed by atoms with E-state index in [4.69, 9.17) is 19.9 Å². The van der Waals surface area contributed by atoms with E-state index in [2.05, 4.69) is 12.2 Å². The third-order valence-corrected chi connectivity index (χ3v) is 6.38. The molecule has 2 bridgehead atoms. The van der Waals surface area contributed by atoms with Crippen molar-refractivity contribution in [2.75, 3.05) is 26.9 Å². The van der Waals surface area contributed by atoms with Gasteiger partial charge in [-0.25, -0.2) is 0 Å². The summed E-state index contributed by atoms with van der Waals surface area (Å²) in [6, 6.07) is 0. The predicted octanol–water partition coefficient (Wildman–Crippen LogP) is -0.452. The van der Waals surface area contributed by atoms with Gasteiger partial charge in [-0.3, -0.25) is 9.59 Å². The van der Waals surface area contributed by atoms with Crippen molar-refractivity contribution < 1.29 is 28.9 Å². The van der Waals surface area contributed by atoms with Crippen LogP contribution in [0, 0.1) is 11.3 Å². The molecule has 2 saturated heterocycles. The highest BCUT2D eigenvalue weighted by Crippen LogP contribution is 2.61.